The highest BCUT2D eigenvalue weighted by molar-refractivity contribution is 5.81. The first kappa shape index (κ1) is 15.3. The van der Waals surface area contributed by atoms with Crippen LogP contribution in [-0.4, -0.2) is 56.7 Å². The average molecular weight is 231 g/mol. The van der Waals surface area contributed by atoms with Gasteiger partial charge in [0.05, 0.1) is 12.6 Å². The second kappa shape index (κ2) is 9.57. The van der Waals surface area contributed by atoms with E-state index in [2.05, 4.69) is 17.1 Å². The van der Waals surface area contributed by atoms with Crippen molar-refractivity contribution < 1.29 is 9.53 Å². The summed E-state index contributed by atoms with van der Waals surface area (Å²) in [7, 11) is 1.62. The van der Waals surface area contributed by atoms with E-state index in [-0.39, 0.29) is 11.9 Å². The minimum absolute atomic E-state index is 0.0407. The topological polar surface area (TPSA) is 67.6 Å². The summed E-state index contributed by atoms with van der Waals surface area (Å²) in [5, 5.41) is 2.83. The summed E-state index contributed by atoms with van der Waals surface area (Å²) in [6.45, 7) is 7.34. The number of carbonyl (C=O) groups excluding carboxylic acids is 1. The Labute approximate surface area is 98.3 Å². The molecule has 0 saturated heterocycles. The molecule has 0 bridgehead atoms. The third-order valence-electron chi connectivity index (χ3n) is 2.46. The highest BCUT2D eigenvalue weighted by Crippen LogP contribution is 1.99. The zero-order chi connectivity index (χ0) is 12.4. The van der Waals surface area contributed by atoms with Gasteiger partial charge in [-0.1, -0.05) is 6.92 Å². The molecule has 0 aliphatic carbocycles. The van der Waals surface area contributed by atoms with Crippen molar-refractivity contribution in [2.45, 2.75) is 26.3 Å². The molecule has 0 aromatic rings. The number of ether oxygens (including phenoxy) is 1. The van der Waals surface area contributed by atoms with Gasteiger partial charge >= 0.3 is 0 Å². The van der Waals surface area contributed by atoms with E-state index >= 15 is 0 Å². The van der Waals surface area contributed by atoms with Crippen molar-refractivity contribution in [1.82, 2.24) is 10.2 Å². The summed E-state index contributed by atoms with van der Waals surface area (Å²) < 4.78 is 4.88. The molecule has 0 rings (SSSR count). The SMILES string of the molecule is CCCN(CCN)C(C)C(=O)NCCOC. The molecule has 1 atom stereocenters. The van der Waals surface area contributed by atoms with Crippen LogP contribution in [0.25, 0.3) is 0 Å². The fourth-order valence-corrected chi connectivity index (χ4v) is 1.54. The molecule has 1 amide bonds. The highest BCUT2D eigenvalue weighted by atomic mass is 16.5. The van der Waals surface area contributed by atoms with Crippen LogP contribution in [0.1, 0.15) is 20.3 Å². The zero-order valence-electron chi connectivity index (χ0n) is 10.7. The predicted molar refractivity (Wildman–Crippen MR) is 65.3 cm³/mol. The number of methoxy groups -OCH3 is 1. The third kappa shape index (κ3) is 6.05. The molecular formula is C11H25N3O2. The fraction of sp³-hybridized carbons (Fsp3) is 0.909. The maximum atomic E-state index is 11.8. The van der Waals surface area contributed by atoms with Gasteiger partial charge in [0.2, 0.25) is 5.91 Å². The second-order valence-corrected chi connectivity index (χ2v) is 3.78. The Hall–Kier alpha value is -0.650. The van der Waals surface area contributed by atoms with Gasteiger partial charge in [-0.15, -0.1) is 0 Å². The normalized spacial score (nSPS) is 12.8. The van der Waals surface area contributed by atoms with Gasteiger partial charge in [0.25, 0.3) is 0 Å². The average Bonchev–Trinajstić information content (AvgIpc) is 2.28. The molecule has 5 heteroatoms. The van der Waals surface area contributed by atoms with E-state index in [4.69, 9.17) is 10.5 Å². The summed E-state index contributed by atoms with van der Waals surface area (Å²) >= 11 is 0. The molecule has 0 spiro atoms. The lowest BCUT2D eigenvalue weighted by Gasteiger charge is -2.27. The molecule has 0 heterocycles. The van der Waals surface area contributed by atoms with Crippen LogP contribution < -0.4 is 11.1 Å². The number of hydrogen-bond donors (Lipinski definition) is 2. The first-order valence-electron chi connectivity index (χ1n) is 5.88. The van der Waals surface area contributed by atoms with Crippen molar-refractivity contribution in [2.24, 2.45) is 5.73 Å². The number of rotatable bonds is 9. The standard InChI is InChI=1S/C11H25N3O2/c1-4-7-14(8-5-12)10(2)11(15)13-6-9-16-3/h10H,4-9,12H2,1-3H3,(H,13,15). The highest BCUT2D eigenvalue weighted by Gasteiger charge is 2.19. The van der Waals surface area contributed by atoms with Crippen LogP contribution in [0.15, 0.2) is 0 Å². The molecule has 3 N–H and O–H groups in total. The Morgan fingerprint density at radius 2 is 2.19 bits per heavy atom. The van der Waals surface area contributed by atoms with E-state index in [0.29, 0.717) is 19.7 Å². The molecule has 96 valence electrons. The molecule has 0 fully saturated rings. The summed E-state index contributed by atoms with van der Waals surface area (Å²) in [6.07, 6.45) is 1.02. The number of nitrogens with two attached hydrogens (primary N) is 1. The first-order chi connectivity index (χ1) is 7.67. The zero-order valence-corrected chi connectivity index (χ0v) is 10.7. The van der Waals surface area contributed by atoms with E-state index in [1.165, 1.54) is 0 Å². The van der Waals surface area contributed by atoms with Crippen LogP contribution in [0, 0.1) is 0 Å². The predicted octanol–water partition coefficient (Wildman–Crippen LogP) is -0.192. The van der Waals surface area contributed by atoms with Crippen molar-refractivity contribution in [2.75, 3.05) is 39.9 Å². The second-order valence-electron chi connectivity index (χ2n) is 3.78. The largest absolute Gasteiger partial charge is 0.383 e. The van der Waals surface area contributed by atoms with E-state index < -0.39 is 0 Å². The number of carbonyl (C=O) groups is 1. The number of nitrogens with one attached hydrogen (secondary N) is 1. The van der Waals surface area contributed by atoms with Crippen molar-refractivity contribution >= 4 is 5.91 Å². The van der Waals surface area contributed by atoms with Crippen molar-refractivity contribution in [3.63, 3.8) is 0 Å². The van der Waals surface area contributed by atoms with Gasteiger partial charge in [0, 0.05) is 26.7 Å². The van der Waals surface area contributed by atoms with Gasteiger partial charge in [-0.2, -0.15) is 0 Å². The number of hydrogen-bond acceptors (Lipinski definition) is 4. The van der Waals surface area contributed by atoms with Gasteiger partial charge in [-0.05, 0) is 19.9 Å². The lowest BCUT2D eigenvalue weighted by Crippen LogP contribution is -2.47. The minimum atomic E-state index is -0.125. The summed E-state index contributed by atoms with van der Waals surface area (Å²) in [5.74, 6) is 0.0407. The lowest BCUT2D eigenvalue weighted by atomic mass is 10.2. The molecule has 5 nitrogen and oxygen atoms in total. The van der Waals surface area contributed by atoms with Crippen molar-refractivity contribution in [3.05, 3.63) is 0 Å². The summed E-state index contributed by atoms with van der Waals surface area (Å²) in [6, 6.07) is -0.125. The number of nitrogens with zero attached hydrogens (tertiary/aromatic N) is 1. The van der Waals surface area contributed by atoms with Gasteiger partial charge < -0.3 is 15.8 Å². The summed E-state index contributed by atoms with van der Waals surface area (Å²) in [4.78, 5) is 13.9. The maximum Gasteiger partial charge on any atom is 0.237 e. The third-order valence-corrected chi connectivity index (χ3v) is 2.46. The Kier molecular flexibility index (Phi) is 9.18. The quantitative estimate of drug-likeness (QED) is 0.540. The minimum Gasteiger partial charge on any atom is -0.383 e. The molecule has 0 aliphatic heterocycles. The van der Waals surface area contributed by atoms with Crippen LogP contribution in [-0.2, 0) is 9.53 Å². The molecule has 0 aromatic carbocycles. The molecule has 0 aliphatic rings. The van der Waals surface area contributed by atoms with Crippen LogP contribution >= 0.6 is 0 Å². The van der Waals surface area contributed by atoms with E-state index in [1.807, 2.05) is 6.92 Å². The maximum absolute atomic E-state index is 11.8. The van der Waals surface area contributed by atoms with Crippen LogP contribution in [0.2, 0.25) is 0 Å². The van der Waals surface area contributed by atoms with Crippen LogP contribution in [0.3, 0.4) is 0 Å². The number of amides is 1. The Morgan fingerprint density at radius 1 is 1.50 bits per heavy atom. The fourth-order valence-electron chi connectivity index (χ4n) is 1.54. The molecule has 16 heavy (non-hydrogen) atoms. The Morgan fingerprint density at radius 3 is 2.69 bits per heavy atom. The molecule has 0 radical (unpaired) electrons. The molecular weight excluding hydrogens is 206 g/mol. The van der Waals surface area contributed by atoms with E-state index in [0.717, 1.165) is 19.5 Å². The van der Waals surface area contributed by atoms with E-state index in [1.54, 1.807) is 7.11 Å². The first-order valence-corrected chi connectivity index (χ1v) is 5.88. The van der Waals surface area contributed by atoms with Gasteiger partial charge in [-0.3, -0.25) is 9.69 Å². The van der Waals surface area contributed by atoms with Crippen LogP contribution in [0.4, 0.5) is 0 Å². The molecule has 1 unspecified atom stereocenters. The van der Waals surface area contributed by atoms with Gasteiger partial charge in [-0.25, -0.2) is 0 Å². The van der Waals surface area contributed by atoms with Crippen LogP contribution in [0.5, 0.6) is 0 Å². The molecule has 0 saturated carbocycles. The van der Waals surface area contributed by atoms with E-state index in [9.17, 15) is 4.79 Å². The molecule has 0 aromatic heterocycles. The van der Waals surface area contributed by atoms with Crippen molar-refractivity contribution in [1.29, 1.82) is 0 Å². The monoisotopic (exact) mass is 231 g/mol. The summed E-state index contributed by atoms with van der Waals surface area (Å²) in [5.41, 5.74) is 5.53. The van der Waals surface area contributed by atoms with Gasteiger partial charge in [0.15, 0.2) is 0 Å². The van der Waals surface area contributed by atoms with Crippen molar-refractivity contribution in [3.8, 4) is 0 Å². The smallest absolute Gasteiger partial charge is 0.237 e. The Bertz CT molecular complexity index is 182. The van der Waals surface area contributed by atoms with Gasteiger partial charge in [0.1, 0.15) is 0 Å². The Balaban J connectivity index is 4.03. The lowest BCUT2D eigenvalue weighted by molar-refractivity contribution is -0.126.